The van der Waals surface area contributed by atoms with E-state index in [1.165, 1.54) is 11.8 Å². The topological polar surface area (TPSA) is 61.8 Å². The smallest absolute Gasteiger partial charge is 0.242 e. The summed E-state index contributed by atoms with van der Waals surface area (Å²) in [6, 6.07) is 13.7. The maximum Gasteiger partial charge on any atom is 0.242 e. The highest BCUT2D eigenvalue weighted by Gasteiger charge is 2.38. The summed E-state index contributed by atoms with van der Waals surface area (Å²) in [5, 5.41) is 3.04. The molecule has 0 unspecified atom stereocenters. The number of carbonyl (C=O) groups is 2. The van der Waals surface area contributed by atoms with Crippen molar-refractivity contribution in [2.45, 2.75) is 32.4 Å². The average molecular weight is 408 g/mol. The molecular weight excluding hydrogens is 382 g/mol. The number of nitrogens with zero attached hydrogens (tertiary/aromatic N) is 2. The van der Waals surface area contributed by atoms with Crippen molar-refractivity contribution in [3.05, 3.63) is 71.8 Å². The van der Waals surface area contributed by atoms with Gasteiger partial charge in [-0.25, -0.2) is 4.99 Å². The van der Waals surface area contributed by atoms with Crippen molar-refractivity contribution in [2.24, 2.45) is 4.99 Å². The average Bonchev–Trinajstić information content (AvgIpc) is 2.95. The van der Waals surface area contributed by atoms with Crippen LogP contribution in [0.4, 0.5) is 11.4 Å². The molecule has 1 fully saturated rings. The number of thioether (sulfide) groups is 1. The van der Waals surface area contributed by atoms with E-state index in [1.807, 2.05) is 63.2 Å². The van der Waals surface area contributed by atoms with Crippen LogP contribution in [0.25, 0.3) is 0 Å². The van der Waals surface area contributed by atoms with E-state index >= 15 is 0 Å². The van der Waals surface area contributed by atoms with Crippen LogP contribution in [0.3, 0.4) is 0 Å². The van der Waals surface area contributed by atoms with Gasteiger partial charge in [-0.05, 0) is 50.1 Å². The van der Waals surface area contributed by atoms with Crippen LogP contribution in [-0.2, 0) is 9.59 Å². The number of hydrogen-bond acceptors (Lipinski definition) is 4. The lowest BCUT2D eigenvalue weighted by Gasteiger charge is -2.14. The first-order valence-electron chi connectivity index (χ1n) is 9.49. The predicted molar refractivity (Wildman–Crippen MR) is 121 cm³/mol. The summed E-state index contributed by atoms with van der Waals surface area (Å²) in [4.78, 5) is 31.7. The predicted octanol–water partition coefficient (Wildman–Crippen LogP) is 4.76. The van der Waals surface area contributed by atoms with Gasteiger partial charge < -0.3 is 5.32 Å². The second kappa shape index (κ2) is 9.09. The lowest BCUT2D eigenvalue weighted by Crippen LogP contribution is -2.33. The maximum atomic E-state index is 12.9. The van der Waals surface area contributed by atoms with E-state index in [0.717, 1.165) is 28.1 Å². The van der Waals surface area contributed by atoms with Crippen molar-refractivity contribution in [1.29, 1.82) is 0 Å². The molecule has 0 radical (unpaired) electrons. The van der Waals surface area contributed by atoms with Crippen LogP contribution in [0.2, 0.25) is 0 Å². The van der Waals surface area contributed by atoms with Gasteiger partial charge in [0.15, 0.2) is 5.17 Å². The standard InChI is InChI=1S/C23H25N3O2S/c1-5-12-26-22(28)20(29-23(26)24-18-10-7-15(2)8-11-18)14-21(27)25-19-13-16(3)6-9-17(19)4/h5-11,13,20H,1,12,14H2,2-4H3,(H,25,27)/t20-/m0/s1. The first kappa shape index (κ1) is 20.9. The quantitative estimate of drug-likeness (QED) is 0.703. The minimum absolute atomic E-state index is 0.0947. The third-order valence-corrected chi connectivity index (χ3v) is 5.80. The highest BCUT2D eigenvalue weighted by Crippen LogP contribution is 2.32. The summed E-state index contributed by atoms with van der Waals surface area (Å²) >= 11 is 1.33. The Balaban J connectivity index is 1.75. The first-order valence-corrected chi connectivity index (χ1v) is 10.4. The summed E-state index contributed by atoms with van der Waals surface area (Å²) in [5.41, 5.74) is 4.77. The van der Waals surface area contributed by atoms with Crippen molar-refractivity contribution in [3.63, 3.8) is 0 Å². The molecule has 0 saturated carbocycles. The fourth-order valence-corrected chi connectivity index (χ4v) is 4.16. The van der Waals surface area contributed by atoms with Gasteiger partial charge in [0.1, 0.15) is 5.25 Å². The fraction of sp³-hybridized carbons (Fsp3) is 0.261. The van der Waals surface area contributed by atoms with Crippen LogP contribution < -0.4 is 5.32 Å². The molecule has 29 heavy (non-hydrogen) atoms. The number of nitrogens with one attached hydrogen (secondary N) is 1. The largest absolute Gasteiger partial charge is 0.326 e. The second-order valence-electron chi connectivity index (χ2n) is 7.14. The molecule has 2 aromatic rings. The molecule has 3 rings (SSSR count). The van der Waals surface area contributed by atoms with Crippen molar-refractivity contribution < 1.29 is 9.59 Å². The van der Waals surface area contributed by atoms with Gasteiger partial charge in [-0.1, -0.05) is 47.7 Å². The van der Waals surface area contributed by atoms with E-state index in [1.54, 1.807) is 11.0 Å². The molecule has 1 saturated heterocycles. The van der Waals surface area contributed by atoms with Crippen LogP contribution in [0.5, 0.6) is 0 Å². The molecule has 150 valence electrons. The summed E-state index contributed by atoms with van der Waals surface area (Å²) in [6.45, 7) is 10.0. The molecule has 1 aliphatic heterocycles. The lowest BCUT2D eigenvalue weighted by atomic mass is 10.1. The van der Waals surface area contributed by atoms with Crippen molar-refractivity contribution >= 4 is 40.1 Å². The highest BCUT2D eigenvalue weighted by atomic mass is 32.2. The van der Waals surface area contributed by atoms with Crippen LogP contribution in [0.15, 0.2) is 60.1 Å². The molecule has 1 aliphatic rings. The van der Waals surface area contributed by atoms with Crippen LogP contribution >= 0.6 is 11.8 Å². The van der Waals surface area contributed by atoms with E-state index in [-0.39, 0.29) is 18.2 Å². The normalized spacial score (nSPS) is 17.6. The Morgan fingerprint density at radius 1 is 1.17 bits per heavy atom. The van der Waals surface area contributed by atoms with E-state index in [4.69, 9.17) is 0 Å². The molecule has 2 aromatic carbocycles. The third-order valence-electron chi connectivity index (χ3n) is 4.63. The molecular formula is C23H25N3O2S. The van der Waals surface area contributed by atoms with E-state index < -0.39 is 5.25 Å². The molecule has 1 heterocycles. The molecule has 6 heteroatoms. The number of aliphatic imine (C=N–C) groups is 1. The van der Waals surface area contributed by atoms with E-state index in [9.17, 15) is 9.59 Å². The number of anilines is 1. The Bertz CT molecular complexity index is 967. The molecule has 2 amide bonds. The molecule has 1 N–H and O–H groups in total. The maximum absolute atomic E-state index is 12.9. The summed E-state index contributed by atoms with van der Waals surface area (Å²) in [6.07, 6.45) is 1.76. The zero-order chi connectivity index (χ0) is 21.0. The van der Waals surface area contributed by atoms with Crippen LogP contribution in [0.1, 0.15) is 23.1 Å². The Kier molecular flexibility index (Phi) is 6.54. The number of hydrogen-bond donors (Lipinski definition) is 1. The Labute approximate surface area is 175 Å². The van der Waals surface area contributed by atoms with Gasteiger partial charge in [-0.2, -0.15) is 0 Å². The third kappa shape index (κ3) is 5.15. The molecule has 0 bridgehead atoms. The Morgan fingerprint density at radius 2 is 1.86 bits per heavy atom. The van der Waals surface area contributed by atoms with Crippen molar-refractivity contribution in [2.75, 3.05) is 11.9 Å². The van der Waals surface area contributed by atoms with Gasteiger partial charge in [0.25, 0.3) is 0 Å². The van der Waals surface area contributed by atoms with Gasteiger partial charge in [0, 0.05) is 18.7 Å². The molecule has 5 nitrogen and oxygen atoms in total. The fourth-order valence-electron chi connectivity index (χ4n) is 2.99. The first-order chi connectivity index (χ1) is 13.9. The van der Waals surface area contributed by atoms with Gasteiger partial charge in [0.05, 0.1) is 5.69 Å². The summed E-state index contributed by atoms with van der Waals surface area (Å²) < 4.78 is 0. The van der Waals surface area contributed by atoms with Crippen molar-refractivity contribution in [1.82, 2.24) is 4.90 Å². The molecule has 0 aliphatic carbocycles. The van der Waals surface area contributed by atoms with Gasteiger partial charge in [-0.3, -0.25) is 14.5 Å². The number of carbonyl (C=O) groups excluding carboxylic acids is 2. The second-order valence-corrected chi connectivity index (χ2v) is 8.31. The number of aryl methyl sites for hydroxylation is 3. The summed E-state index contributed by atoms with van der Waals surface area (Å²) in [7, 11) is 0. The zero-order valence-corrected chi connectivity index (χ0v) is 17.8. The van der Waals surface area contributed by atoms with Crippen molar-refractivity contribution in [3.8, 4) is 0 Å². The minimum Gasteiger partial charge on any atom is -0.326 e. The van der Waals surface area contributed by atoms with Crippen LogP contribution in [-0.4, -0.2) is 33.7 Å². The summed E-state index contributed by atoms with van der Waals surface area (Å²) in [5.74, 6) is -0.295. The zero-order valence-electron chi connectivity index (χ0n) is 16.9. The number of amidine groups is 1. The Hall–Kier alpha value is -2.86. The minimum atomic E-state index is -0.496. The highest BCUT2D eigenvalue weighted by molar-refractivity contribution is 8.15. The monoisotopic (exact) mass is 407 g/mol. The molecule has 1 atom stereocenters. The van der Waals surface area contributed by atoms with Gasteiger partial charge >= 0.3 is 0 Å². The molecule has 0 spiro atoms. The van der Waals surface area contributed by atoms with Gasteiger partial charge in [-0.15, -0.1) is 6.58 Å². The van der Waals surface area contributed by atoms with E-state index in [0.29, 0.717) is 11.7 Å². The number of benzene rings is 2. The van der Waals surface area contributed by atoms with Crippen LogP contribution in [0, 0.1) is 20.8 Å². The number of amides is 2. The molecule has 0 aromatic heterocycles. The lowest BCUT2D eigenvalue weighted by molar-refractivity contribution is -0.127. The van der Waals surface area contributed by atoms with E-state index in [2.05, 4.69) is 16.9 Å². The number of rotatable bonds is 6. The SMILES string of the molecule is C=CCN1C(=O)[C@H](CC(=O)Nc2cc(C)ccc2C)SC1=Nc1ccc(C)cc1. The van der Waals surface area contributed by atoms with Gasteiger partial charge in [0.2, 0.25) is 11.8 Å². The Morgan fingerprint density at radius 3 is 2.55 bits per heavy atom.